The summed E-state index contributed by atoms with van der Waals surface area (Å²) in [5, 5.41) is 15.0. The number of hydrazone groups is 1. The number of rotatable bonds is 3. The number of nitrogens with one attached hydrogen (secondary N) is 1. The molecule has 3 rings (SSSR count). The molecule has 0 bridgehead atoms. The lowest BCUT2D eigenvalue weighted by molar-refractivity contribution is 0.0955. The Morgan fingerprint density at radius 2 is 2.00 bits per heavy atom. The Balaban J connectivity index is 1.75. The Labute approximate surface area is 137 Å². The highest BCUT2D eigenvalue weighted by Gasteiger charge is 2.04. The van der Waals surface area contributed by atoms with Crippen molar-refractivity contribution in [3.63, 3.8) is 0 Å². The summed E-state index contributed by atoms with van der Waals surface area (Å²) in [6, 6.07) is 15.3. The monoisotopic (exact) mass is 325 g/mol. The van der Waals surface area contributed by atoms with E-state index in [9.17, 15) is 9.90 Å². The van der Waals surface area contributed by atoms with Crippen LogP contribution in [0.4, 0.5) is 0 Å². The Morgan fingerprint density at radius 1 is 1.17 bits per heavy atom. The minimum absolute atomic E-state index is 0.0979. The molecule has 1 heterocycles. The number of amides is 1. The van der Waals surface area contributed by atoms with Gasteiger partial charge in [0.1, 0.15) is 11.3 Å². The normalized spacial score (nSPS) is 11.0. The Bertz CT molecular complexity index is 909. The third-order valence-corrected chi connectivity index (χ3v) is 3.41. The molecule has 0 aliphatic heterocycles. The Kier molecular flexibility index (Phi) is 4.21. The van der Waals surface area contributed by atoms with Crippen LogP contribution < -0.4 is 5.43 Å². The number of para-hydroxylation sites is 1. The zero-order valence-electron chi connectivity index (χ0n) is 11.9. The predicted octanol–water partition coefficient (Wildman–Crippen LogP) is 3.36. The second-order valence-electron chi connectivity index (χ2n) is 4.79. The summed E-state index contributed by atoms with van der Waals surface area (Å²) in [5.41, 5.74) is 3.83. The summed E-state index contributed by atoms with van der Waals surface area (Å²) < 4.78 is 0. The van der Waals surface area contributed by atoms with E-state index >= 15 is 0 Å². The number of carbonyl (C=O) groups is 1. The first-order valence-corrected chi connectivity index (χ1v) is 7.19. The van der Waals surface area contributed by atoms with Crippen LogP contribution in [0.25, 0.3) is 10.9 Å². The molecule has 0 aliphatic rings. The maximum Gasteiger partial charge on any atom is 0.271 e. The van der Waals surface area contributed by atoms with Gasteiger partial charge in [0, 0.05) is 16.0 Å². The first kappa shape index (κ1) is 15.0. The molecular formula is C17H12ClN3O2. The van der Waals surface area contributed by atoms with Crippen LogP contribution in [0.1, 0.15) is 16.1 Å². The first-order chi connectivity index (χ1) is 11.1. The van der Waals surface area contributed by atoms with Gasteiger partial charge in [-0.15, -0.1) is 0 Å². The number of aromatic nitrogens is 1. The topological polar surface area (TPSA) is 74.6 Å². The highest BCUT2D eigenvalue weighted by atomic mass is 35.5. The fourth-order valence-electron chi connectivity index (χ4n) is 2.07. The molecule has 6 heteroatoms. The number of hydrogen-bond donors (Lipinski definition) is 2. The van der Waals surface area contributed by atoms with Crippen LogP contribution in [0.3, 0.4) is 0 Å². The van der Waals surface area contributed by atoms with Crippen molar-refractivity contribution in [3.8, 4) is 5.75 Å². The highest BCUT2D eigenvalue weighted by Crippen LogP contribution is 2.21. The van der Waals surface area contributed by atoms with Crippen molar-refractivity contribution in [1.29, 1.82) is 0 Å². The fourth-order valence-corrected chi connectivity index (χ4v) is 2.26. The molecule has 5 nitrogen and oxygen atoms in total. The van der Waals surface area contributed by atoms with E-state index in [0.717, 1.165) is 5.39 Å². The number of phenols is 1. The molecule has 23 heavy (non-hydrogen) atoms. The number of aromatic hydroxyl groups is 1. The zero-order valence-corrected chi connectivity index (χ0v) is 12.7. The number of pyridine rings is 1. The summed E-state index contributed by atoms with van der Waals surface area (Å²) >= 11 is 5.84. The van der Waals surface area contributed by atoms with Gasteiger partial charge in [-0.1, -0.05) is 35.9 Å². The van der Waals surface area contributed by atoms with Crippen molar-refractivity contribution in [2.75, 3.05) is 0 Å². The van der Waals surface area contributed by atoms with Crippen LogP contribution in [0, 0.1) is 0 Å². The molecule has 1 aromatic heterocycles. The van der Waals surface area contributed by atoms with E-state index < -0.39 is 0 Å². The van der Waals surface area contributed by atoms with E-state index in [1.54, 1.807) is 42.5 Å². The van der Waals surface area contributed by atoms with E-state index in [4.69, 9.17) is 11.6 Å². The quantitative estimate of drug-likeness (QED) is 0.573. The van der Waals surface area contributed by atoms with Crippen molar-refractivity contribution < 1.29 is 9.90 Å². The largest absolute Gasteiger partial charge is 0.506 e. The average molecular weight is 326 g/mol. The van der Waals surface area contributed by atoms with Crippen LogP contribution in [0.15, 0.2) is 59.7 Å². The van der Waals surface area contributed by atoms with Gasteiger partial charge in [-0.2, -0.15) is 5.10 Å². The average Bonchev–Trinajstić information content (AvgIpc) is 2.55. The van der Waals surface area contributed by atoms with Crippen molar-refractivity contribution in [2.24, 2.45) is 5.10 Å². The molecule has 0 spiro atoms. The predicted molar refractivity (Wildman–Crippen MR) is 89.9 cm³/mol. The summed E-state index contributed by atoms with van der Waals surface area (Å²) in [6.45, 7) is 0. The molecule has 0 aliphatic carbocycles. The van der Waals surface area contributed by atoms with Crippen LogP contribution in [-0.2, 0) is 0 Å². The summed E-state index contributed by atoms with van der Waals surface area (Å²) in [5.74, 6) is -0.270. The van der Waals surface area contributed by atoms with Gasteiger partial charge in [0.15, 0.2) is 0 Å². The maximum absolute atomic E-state index is 11.9. The molecule has 2 aromatic carbocycles. The number of carbonyl (C=O) groups excluding carboxylic acids is 1. The second kappa shape index (κ2) is 6.46. The standard InChI is InChI=1S/C17H12ClN3O2/c18-13-5-1-4-12(9-13)17(23)21-19-10-14-8-7-11-3-2-6-15(22)16(11)20-14/h1-10,22H,(H,21,23)/b19-10-. The molecule has 0 radical (unpaired) electrons. The van der Waals surface area contributed by atoms with Gasteiger partial charge < -0.3 is 5.11 Å². The first-order valence-electron chi connectivity index (χ1n) is 6.81. The number of hydrogen-bond acceptors (Lipinski definition) is 4. The van der Waals surface area contributed by atoms with Crippen molar-refractivity contribution in [2.45, 2.75) is 0 Å². The van der Waals surface area contributed by atoms with Gasteiger partial charge in [0.2, 0.25) is 0 Å². The summed E-state index contributed by atoms with van der Waals surface area (Å²) in [7, 11) is 0. The molecule has 0 fully saturated rings. The van der Waals surface area contributed by atoms with E-state index in [0.29, 0.717) is 21.8 Å². The lowest BCUT2D eigenvalue weighted by Gasteiger charge is -2.02. The van der Waals surface area contributed by atoms with Crippen LogP contribution in [-0.4, -0.2) is 22.2 Å². The van der Waals surface area contributed by atoms with Crippen molar-refractivity contribution in [3.05, 3.63) is 70.9 Å². The van der Waals surface area contributed by atoms with Crippen LogP contribution in [0.5, 0.6) is 5.75 Å². The minimum Gasteiger partial charge on any atom is -0.506 e. The minimum atomic E-state index is -0.368. The maximum atomic E-state index is 11.9. The third-order valence-electron chi connectivity index (χ3n) is 3.17. The van der Waals surface area contributed by atoms with Crippen molar-refractivity contribution in [1.82, 2.24) is 10.4 Å². The summed E-state index contributed by atoms with van der Waals surface area (Å²) in [4.78, 5) is 16.2. The van der Waals surface area contributed by atoms with Crippen LogP contribution >= 0.6 is 11.6 Å². The van der Waals surface area contributed by atoms with Gasteiger partial charge in [-0.05, 0) is 30.3 Å². The Morgan fingerprint density at radius 3 is 2.83 bits per heavy atom. The fraction of sp³-hybridized carbons (Fsp3) is 0. The van der Waals surface area contributed by atoms with Gasteiger partial charge >= 0.3 is 0 Å². The molecule has 0 saturated heterocycles. The number of benzene rings is 2. The van der Waals surface area contributed by atoms with E-state index in [-0.39, 0.29) is 11.7 Å². The van der Waals surface area contributed by atoms with Crippen molar-refractivity contribution >= 4 is 34.6 Å². The van der Waals surface area contributed by atoms with E-state index in [1.807, 2.05) is 12.1 Å². The van der Waals surface area contributed by atoms with E-state index in [2.05, 4.69) is 15.5 Å². The third kappa shape index (κ3) is 3.46. The molecule has 0 unspecified atom stereocenters. The van der Waals surface area contributed by atoms with Gasteiger partial charge in [-0.3, -0.25) is 4.79 Å². The number of halogens is 1. The number of nitrogens with zero attached hydrogens (tertiary/aromatic N) is 2. The molecule has 2 N–H and O–H groups in total. The zero-order chi connectivity index (χ0) is 16.2. The highest BCUT2D eigenvalue weighted by molar-refractivity contribution is 6.30. The number of fused-ring (bicyclic) bond motifs is 1. The molecule has 3 aromatic rings. The Hall–Kier alpha value is -2.92. The molecule has 114 valence electrons. The molecular weight excluding hydrogens is 314 g/mol. The van der Waals surface area contributed by atoms with Gasteiger partial charge in [0.25, 0.3) is 5.91 Å². The SMILES string of the molecule is O=C(N/N=C\c1ccc2cccc(O)c2n1)c1cccc(Cl)c1. The molecule has 0 saturated carbocycles. The van der Waals surface area contributed by atoms with E-state index in [1.165, 1.54) is 6.21 Å². The summed E-state index contributed by atoms with van der Waals surface area (Å²) in [6.07, 6.45) is 1.41. The number of phenolic OH excluding ortho intramolecular Hbond substituents is 1. The second-order valence-corrected chi connectivity index (χ2v) is 5.23. The smallest absolute Gasteiger partial charge is 0.271 e. The lowest BCUT2D eigenvalue weighted by Crippen LogP contribution is -2.17. The lowest BCUT2D eigenvalue weighted by atomic mass is 10.2. The molecule has 1 amide bonds. The van der Waals surface area contributed by atoms with Gasteiger partial charge in [-0.25, -0.2) is 10.4 Å². The van der Waals surface area contributed by atoms with Gasteiger partial charge in [0.05, 0.1) is 11.9 Å². The molecule has 0 atom stereocenters. The van der Waals surface area contributed by atoms with Crippen LogP contribution in [0.2, 0.25) is 5.02 Å².